The molecule has 0 N–H and O–H groups in total. The van der Waals surface area contributed by atoms with Crippen molar-refractivity contribution in [1.82, 2.24) is 0 Å². The molecule has 30 heavy (non-hydrogen) atoms. The minimum absolute atomic E-state index is 0.286. The van der Waals surface area contributed by atoms with E-state index in [2.05, 4.69) is 29.0 Å². The lowest BCUT2D eigenvalue weighted by molar-refractivity contribution is -0.297. The smallest absolute Gasteiger partial charge is 0.403 e. The zero-order valence-corrected chi connectivity index (χ0v) is 16.6. The number of aryl methyl sites for hydroxylation is 2. The Kier molecular flexibility index (Phi) is 9.29. The van der Waals surface area contributed by atoms with Crippen LogP contribution in [0.5, 0.6) is 0 Å². The summed E-state index contributed by atoms with van der Waals surface area (Å²) >= 11 is 0. The number of hydrogen-bond donors (Lipinski definition) is 0. The third-order valence-corrected chi connectivity index (χ3v) is 3.91. The third-order valence-electron chi connectivity index (χ3n) is 3.91. The molecule has 0 aromatic heterocycles. The second-order valence-electron chi connectivity index (χ2n) is 5.85. The molecule has 2 rings (SSSR count). The maximum Gasteiger partial charge on any atom is 0.512 e. The summed E-state index contributed by atoms with van der Waals surface area (Å²) in [5.74, 6) is -1.48. The number of hydrogen-bond acceptors (Lipinski definition) is 9. The number of rotatable bonds is 10. The van der Waals surface area contributed by atoms with Crippen LogP contribution in [0.15, 0.2) is 48.5 Å². The highest BCUT2D eigenvalue weighted by Crippen LogP contribution is 2.08. The molecule has 2 aromatic carbocycles. The molecule has 0 radical (unpaired) electrons. The van der Waals surface area contributed by atoms with Gasteiger partial charge in [-0.25, -0.2) is 14.4 Å². The van der Waals surface area contributed by atoms with Crippen molar-refractivity contribution in [2.75, 3.05) is 13.6 Å². The molecular weight excluding hydrogens is 396 g/mol. The minimum atomic E-state index is -1.18. The summed E-state index contributed by atoms with van der Waals surface area (Å²) in [6.07, 6.45) is 0.509. The van der Waals surface area contributed by atoms with Crippen molar-refractivity contribution >= 4 is 18.1 Å². The standard InChI is InChI=1S/C21H22O9/c1-3-15-5-9-17(10-6-15)19(22)29-27-13-25-21(24)26-14-28-30-20(23)18-11-7-16(4-2)8-12-18/h5-12H,3-4,13-14H2,1-2H3. The van der Waals surface area contributed by atoms with Crippen LogP contribution in [-0.2, 0) is 41.9 Å². The largest absolute Gasteiger partial charge is 0.512 e. The van der Waals surface area contributed by atoms with Crippen LogP contribution in [0.2, 0.25) is 0 Å². The number of carbonyl (C=O) groups is 3. The Morgan fingerprint density at radius 3 is 1.33 bits per heavy atom. The molecule has 0 unspecified atom stereocenters. The van der Waals surface area contributed by atoms with E-state index in [9.17, 15) is 14.4 Å². The molecular formula is C21H22O9. The minimum Gasteiger partial charge on any atom is -0.403 e. The van der Waals surface area contributed by atoms with Crippen LogP contribution in [0.4, 0.5) is 4.79 Å². The molecule has 0 heterocycles. The van der Waals surface area contributed by atoms with Gasteiger partial charge < -0.3 is 9.47 Å². The summed E-state index contributed by atoms with van der Waals surface area (Å²) < 4.78 is 9.00. The summed E-state index contributed by atoms with van der Waals surface area (Å²) in [6.45, 7) is 2.60. The fraction of sp³-hybridized carbons (Fsp3) is 0.286. The van der Waals surface area contributed by atoms with Crippen LogP contribution in [0.25, 0.3) is 0 Å². The van der Waals surface area contributed by atoms with E-state index in [0.29, 0.717) is 0 Å². The highest BCUT2D eigenvalue weighted by Gasteiger charge is 2.11. The normalized spacial score (nSPS) is 10.2. The summed E-state index contributed by atoms with van der Waals surface area (Å²) in [5, 5.41) is 0. The Morgan fingerprint density at radius 1 is 0.633 bits per heavy atom. The second kappa shape index (κ2) is 12.2. The van der Waals surface area contributed by atoms with Gasteiger partial charge in [-0.3, -0.25) is 9.78 Å². The Morgan fingerprint density at radius 2 is 1.00 bits per heavy atom. The molecule has 0 spiro atoms. The summed E-state index contributed by atoms with van der Waals surface area (Å²) in [5.41, 5.74) is 2.71. The van der Waals surface area contributed by atoms with E-state index in [0.717, 1.165) is 24.0 Å². The van der Waals surface area contributed by atoms with Crippen LogP contribution in [0.1, 0.15) is 45.7 Å². The predicted molar refractivity (Wildman–Crippen MR) is 102 cm³/mol. The van der Waals surface area contributed by atoms with Crippen LogP contribution < -0.4 is 0 Å². The van der Waals surface area contributed by atoms with E-state index in [1.54, 1.807) is 48.5 Å². The van der Waals surface area contributed by atoms with Gasteiger partial charge >= 0.3 is 18.1 Å². The fourth-order valence-electron chi connectivity index (χ4n) is 2.19. The van der Waals surface area contributed by atoms with Gasteiger partial charge in [0.25, 0.3) is 0 Å². The Balaban J connectivity index is 1.56. The average molecular weight is 418 g/mol. The van der Waals surface area contributed by atoms with Gasteiger partial charge in [0.15, 0.2) is 0 Å². The van der Waals surface area contributed by atoms with Gasteiger partial charge in [0.05, 0.1) is 11.1 Å². The average Bonchev–Trinajstić information content (AvgIpc) is 2.79. The lowest BCUT2D eigenvalue weighted by Crippen LogP contribution is -2.15. The summed E-state index contributed by atoms with van der Waals surface area (Å²) in [7, 11) is 0. The molecule has 160 valence electrons. The van der Waals surface area contributed by atoms with E-state index >= 15 is 0 Å². The molecule has 0 aliphatic heterocycles. The maximum absolute atomic E-state index is 11.7. The number of carbonyl (C=O) groups excluding carboxylic acids is 3. The van der Waals surface area contributed by atoms with Gasteiger partial charge in [-0.15, -0.1) is 9.78 Å². The number of benzene rings is 2. The SMILES string of the molecule is CCc1ccc(C(=O)OOCOC(=O)OCOOC(=O)c2ccc(CC)cc2)cc1. The molecule has 0 saturated heterocycles. The molecule has 9 heteroatoms. The first kappa shape index (κ1) is 22.9. The quantitative estimate of drug-likeness (QED) is 0.187. The molecule has 0 bridgehead atoms. The monoisotopic (exact) mass is 418 g/mol. The Bertz CT molecular complexity index is 759. The molecule has 0 amide bonds. The molecule has 0 fully saturated rings. The second-order valence-corrected chi connectivity index (χ2v) is 5.85. The van der Waals surface area contributed by atoms with E-state index in [-0.39, 0.29) is 11.1 Å². The predicted octanol–water partition coefficient (Wildman–Crippen LogP) is 3.76. The third kappa shape index (κ3) is 7.53. The summed E-state index contributed by atoms with van der Waals surface area (Å²) in [6, 6.07) is 13.5. The van der Waals surface area contributed by atoms with Gasteiger partial charge in [0.2, 0.25) is 13.6 Å². The highest BCUT2D eigenvalue weighted by molar-refractivity contribution is 5.89. The van der Waals surface area contributed by atoms with Gasteiger partial charge in [0.1, 0.15) is 0 Å². The first-order valence-corrected chi connectivity index (χ1v) is 9.18. The molecule has 0 saturated carbocycles. The van der Waals surface area contributed by atoms with Crippen molar-refractivity contribution in [3.8, 4) is 0 Å². The van der Waals surface area contributed by atoms with E-state index in [1.165, 1.54) is 0 Å². The van der Waals surface area contributed by atoms with Gasteiger partial charge in [-0.05, 0) is 48.2 Å². The van der Waals surface area contributed by atoms with E-state index in [1.807, 2.05) is 13.8 Å². The first-order chi connectivity index (χ1) is 14.5. The molecule has 0 atom stereocenters. The summed E-state index contributed by atoms with van der Waals surface area (Å²) in [4.78, 5) is 52.8. The molecule has 0 aliphatic carbocycles. The van der Waals surface area contributed by atoms with Crippen LogP contribution in [-0.4, -0.2) is 31.7 Å². The maximum atomic E-state index is 11.7. The Labute approximate surface area is 173 Å². The van der Waals surface area contributed by atoms with Crippen molar-refractivity contribution in [1.29, 1.82) is 0 Å². The van der Waals surface area contributed by atoms with Crippen molar-refractivity contribution in [2.45, 2.75) is 26.7 Å². The van der Waals surface area contributed by atoms with E-state index < -0.39 is 31.7 Å². The van der Waals surface area contributed by atoms with Gasteiger partial charge in [0, 0.05) is 0 Å². The first-order valence-electron chi connectivity index (χ1n) is 9.18. The van der Waals surface area contributed by atoms with Gasteiger partial charge in [-0.2, -0.15) is 0 Å². The highest BCUT2D eigenvalue weighted by atomic mass is 17.2. The van der Waals surface area contributed by atoms with E-state index in [4.69, 9.17) is 0 Å². The lowest BCUT2D eigenvalue weighted by Gasteiger charge is -2.07. The van der Waals surface area contributed by atoms with Crippen molar-refractivity contribution in [3.63, 3.8) is 0 Å². The lowest BCUT2D eigenvalue weighted by atomic mass is 10.1. The van der Waals surface area contributed by atoms with Crippen molar-refractivity contribution < 1.29 is 43.4 Å². The zero-order chi connectivity index (χ0) is 21.8. The molecule has 9 nitrogen and oxygen atoms in total. The molecule has 2 aromatic rings. The fourth-order valence-corrected chi connectivity index (χ4v) is 2.19. The molecule has 0 aliphatic rings. The Hall–Kier alpha value is -3.43. The topological polar surface area (TPSA) is 107 Å². The van der Waals surface area contributed by atoms with Crippen molar-refractivity contribution in [2.24, 2.45) is 0 Å². The zero-order valence-electron chi connectivity index (χ0n) is 16.6. The van der Waals surface area contributed by atoms with Gasteiger partial charge in [-0.1, -0.05) is 38.1 Å². The van der Waals surface area contributed by atoms with Crippen LogP contribution in [0.3, 0.4) is 0 Å². The van der Waals surface area contributed by atoms with Crippen LogP contribution >= 0.6 is 0 Å². The van der Waals surface area contributed by atoms with Crippen LogP contribution in [0, 0.1) is 0 Å². The van der Waals surface area contributed by atoms with Crippen molar-refractivity contribution in [3.05, 3.63) is 70.8 Å². The number of ether oxygens (including phenoxy) is 2.